The van der Waals surface area contributed by atoms with Crippen molar-refractivity contribution in [3.8, 4) is 0 Å². The molecule has 3 aromatic rings. The van der Waals surface area contributed by atoms with Crippen LogP contribution in [0.5, 0.6) is 0 Å². The number of esters is 1. The van der Waals surface area contributed by atoms with E-state index < -0.39 is 5.41 Å². The van der Waals surface area contributed by atoms with Crippen LogP contribution in [0.25, 0.3) is 6.08 Å². The molecular formula is C27H22O3. The quantitative estimate of drug-likeness (QED) is 0.544. The average Bonchev–Trinajstić information content (AvgIpc) is 2.80. The smallest absolute Gasteiger partial charge is 0.308 e. The van der Waals surface area contributed by atoms with Gasteiger partial charge in [-0.15, -0.1) is 0 Å². The summed E-state index contributed by atoms with van der Waals surface area (Å²) in [4.78, 5) is 11.9. The number of benzene rings is 3. The van der Waals surface area contributed by atoms with E-state index in [-0.39, 0.29) is 12.1 Å². The summed E-state index contributed by atoms with van der Waals surface area (Å²) in [5, 5.41) is 0. The molecule has 0 saturated carbocycles. The van der Waals surface area contributed by atoms with Crippen LogP contribution in [0.1, 0.15) is 35.3 Å². The zero-order valence-electron chi connectivity index (χ0n) is 16.7. The molecule has 0 radical (unpaired) electrons. The van der Waals surface area contributed by atoms with Crippen LogP contribution in [-0.4, -0.2) is 12.6 Å². The zero-order chi connectivity index (χ0) is 20.6. The number of ether oxygens (including phenoxy) is 2. The number of rotatable bonds is 3. The lowest BCUT2D eigenvalue weighted by Gasteiger charge is -2.41. The molecule has 1 aliphatic carbocycles. The van der Waals surface area contributed by atoms with Crippen molar-refractivity contribution in [2.75, 3.05) is 6.61 Å². The van der Waals surface area contributed by atoms with Crippen LogP contribution in [0.3, 0.4) is 0 Å². The highest BCUT2D eigenvalue weighted by molar-refractivity contribution is 5.74. The SMILES string of the molecule is CC(=O)OC1=Cc2ccccc2C2OCC(c3ccccc3)(c3ccccc3)C=C12. The van der Waals surface area contributed by atoms with Crippen LogP contribution in [0.2, 0.25) is 0 Å². The average molecular weight is 394 g/mol. The van der Waals surface area contributed by atoms with Crippen molar-refractivity contribution in [1.82, 2.24) is 0 Å². The van der Waals surface area contributed by atoms with Gasteiger partial charge in [0.15, 0.2) is 0 Å². The molecule has 1 atom stereocenters. The highest BCUT2D eigenvalue weighted by atomic mass is 16.5. The Balaban J connectivity index is 1.74. The Morgan fingerprint density at radius 3 is 2.13 bits per heavy atom. The largest absolute Gasteiger partial charge is 0.426 e. The van der Waals surface area contributed by atoms with E-state index in [0.717, 1.165) is 27.8 Å². The Morgan fingerprint density at radius 2 is 1.50 bits per heavy atom. The third kappa shape index (κ3) is 3.08. The molecule has 30 heavy (non-hydrogen) atoms. The van der Waals surface area contributed by atoms with Gasteiger partial charge < -0.3 is 9.47 Å². The van der Waals surface area contributed by atoms with Crippen LogP contribution < -0.4 is 0 Å². The lowest BCUT2D eigenvalue weighted by Crippen LogP contribution is -2.38. The van der Waals surface area contributed by atoms with E-state index in [4.69, 9.17) is 9.47 Å². The third-order valence-electron chi connectivity index (χ3n) is 5.84. The van der Waals surface area contributed by atoms with Crippen LogP contribution in [0.15, 0.2) is 102 Å². The standard InChI is InChI=1S/C27H22O3/c1-19(28)30-25-16-20-10-8-9-15-23(20)26-24(25)17-27(18-29-26,21-11-4-2-5-12-21)22-13-6-3-7-14-22/h2-17,26H,18H2,1H3. The molecule has 0 bridgehead atoms. The second-order valence-corrected chi connectivity index (χ2v) is 7.73. The minimum atomic E-state index is -0.472. The number of fused-ring (bicyclic) bond motifs is 3. The van der Waals surface area contributed by atoms with Gasteiger partial charge in [0.05, 0.1) is 12.0 Å². The lowest BCUT2D eigenvalue weighted by atomic mass is 9.71. The van der Waals surface area contributed by atoms with Crippen molar-refractivity contribution in [3.63, 3.8) is 0 Å². The number of hydrogen-bond donors (Lipinski definition) is 0. The molecule has 1 aliphatic heterocycles. The summed E-state index contributed by atoms with van der Waals surface area (Å²) < 4.78 is 12.2. The lowest BCUT2D eigenvalue weighted by molar-refractivity contribution is -0.136. The van der Waals surface area contributed by atoms with Crippen LogP contribution >= 0.6 is 0 Å². The highest BCUT2D eigenvalue weighted by Gasteiger charge is 2.42. The molecule has 0 saturated heterocycles. The normalized spacial score (nSPS) is 19.0. The number of carbonyl (C=O) groups is 1. The van der Waals surface area contributed by atoms with Gasteiger partial charge in [-0.25, -0.2) is 0 Å². The van der Waals surface area contributed by atoms with Gasteiger partial charge in [0, 0.05) is 12.5 Å². The summed E-state index contributed by atoms with van der Waals surface area (Å²) in [7, 11) is 0. The van der Waals surface area contributed by atoms with E-state index in [1.165, 1.54) is 6.92 Å². The molecule has 5 rings (SSSR count). The van der Waals surface area contributed by atoms with Gasteiger partial charge in [0.2, 0.25) is 0 Å². The minimum Gasteiger partial charge on any atom is -0.426 e. The zero-order valence-corrected chi connectivity index (χ0v) is 16.7. The Bertz CT molecular complexity index is 1100. The first kappa shape index (κ1) is 18.6. The molecule has 0 fully saturated rings. The highest BCUT2D eigenvalue weighted by Crippen LogP contribution is 2.48. The summed E-state index contributed by atoms with van der Waals surface area (Å²) in [5.41, 5.74) is 4.81. The monoisotopic (exact) mass is 394 g/mol. The summed E-state index contributed by atoms with van der Waals surface area (Å²) >= 11 is 0. The number of hydrogen-bond acceptors (Lipinski definition) is 3. The van der Waals surface area contributed by atoms with Gasteiger partial charge in [0.25, 0.3) is 0 Å². The van der Waals surface area contributed by atoms with Crippen LogP contribution in [-0.2, 0) is 19.7 Å². The maximum atomic E-state index is 11.9. The maximum Gasteiger partial charge on any atom is 0.308 e. The van der Waals surface area contributed by atoms with E-state index in [1.807, 2.05) is 60.7 Å². The molecule has 0 aromatic heterocycles. The Morgan fingerprint density at radius 1 is 0.900 bits per heavy atom. The summed E-state index contributed by atoms with van der Waals surface area (Å²) in [5.74, 6) is 0.220. The van der Waals surface area contributed by atoms with Crippen molar-refractivity contribution in [2.45, 2.75) is 18.4 Å². The van der Waals surface area contributed by atoms with E-state index in [0.29, 0.717) is 12.4 Å². The predicted octanol–water partition coefficient (Wildman–Crippen LogP) is 5.59. The van der Waals surface area contributed by atoms with Crippen LogP contribution in [0.4, 0.5) is 0 Å². The molecule has 1 heterocycles. The van der Waals surface area contributed by atoms with Crippen molar-refractivity contribution in [1.29, 1.82) is 0 Å². The minimum absolute atomic E-state index is 0.263. The van der Waals surface area contributed by atoms with Gasteiger partial charge in [0.1, 0.15) is 11.9 Å². The van der Waals surface area contributed by atoms with Gasteiger partial charge in [-0.05, 0) is 28.3 Å². The first-order valence-corrected chi connectivity index (χ1v) is 10.1. The van der Waals surface area contributed by atoms with Crippen LogP contribution in [0, 0.1) is 0 Å². The first-order valence-electron chi connectivity index (χ1n) is 10.1. The Kier molecular flexibility index (Phi) is 4.61. The third-order valence-corrected chi connectivity index (χ3v) is 5.84. The molecule has 148 valence electrons. The van der Waals surface area contributed by atoms with Crippen molar-refractivity contribution < 1.29 is 14.3 Å². The molecule has 1 unspecified atom stereocenters. The van der Waals surface area contributed by atoms with E-state index in [2.05, 4.69) is 36.4 Å². The second-order valence-electron chi connectivity index (χ2n) is 7.73. The van der Waals surface area contributed by atoms with Gasteiger partial charge in [-0.2, -0.15) is 0 Å². The fourth-order valence-corrected chi connectivity index (χ4v) is 4.47. The fraction of sp³-hybridized carbons (Fsp3) is 0.148. The molecule has 0 amide bonds. The summed E-state index contributed by atoms with van der Waals surface area (Å²) in [6.07, 6.45) is 3.91. The Hall–Kier alpha value is -3.43. The first-order chi connectivity index (χ1) is 14.7. The molecule has 0 N–H and O–H groups in total. The molecule has 2 aliphatic rings. The van der Waals surface area contributed by atoms with E-state index >= 15 is 0 Å². The Labute approximate surface area is 176 Å². The van der Waals surface area contributed by atoms with Crippen molar-refractivity contribution >= 4 is 12.0 Å². The molecule has 3 aromatic carbocycles. The van der Waals surface area contributed by atoms with E-state index in [9.17, 15) is 4.79 Å². The summed E-state index contributed by atoms with van der Waals surface area (Å²) in [6.45, 7) is 1.93. The van der Waals surface area contributed by atoms with Crippen molar-refractivity contribution in [3.05, 3.63) is 125 Å². The van der Waals surface area contributed by atoms with E-state index in [1.54, 1.807) is 0 Å². The summed E-state index contributed by atoms with van der Waals surface area (Å²) in [6, 6.07) is 28.8. The maximum absolute atomic E-state index is 11.9. The second kappa shape index (κ2) is 7.43. The molecule has 3 heteroatoms. The topological polar surface area (TPSA) is 35.5 Å². The fourth-order valence-electron chi connectivity index (χ4n) is 4.47. The van der Waals surface area contributed by atoms with Crippen molar-refractivity contribution in [2.24, 2.45) is 0 Å². The molecular weight excluding hydrogens is 372 g/mol. The van der Waals surface area contributed by atoms with Gasteiger partial charge in [-0.3, -0.25) is 4.79 Å². The molecule has 3 nitrogen and oxygen atoms in total. The van der Waals surface area contributed by atoms with Gasteiger partial charge >= 0.3 is 5.97 Å². The molecule has 0 spiro atoms. The predicted molar refractivity (Wildman–Crippen MR) is 117 cm³/mol. The van der Waals surface area contributed by atoms with Gasteiger partial charge in [-0.1, -0.05) is 91.0 Å². The number of carbonyl (C=O) groups excluding carboxylic acids is 1.